The van der Waals surface area contributed by atoms with E-state index in [1.54, 1.807) is 0 Å². The molecule has 0 aromatic rings. The summed E-state index contributed by atoms with van der Waals surface area (Å²) < 4.78 is 12.1. The molecule has 0 saturated heterocycles. The molecule has 0 amide bonds. The number of thioether (sulfide) groups is 2. The average molecular weight is 767 g/mol. The fourth-order valence-electron chi connectivity index (χ4n) is 8.00. The molecule has 2 atom stereocenters. The minimum atomic E-state index is -0.00219. The van der Waals surface area contributed by atoms with Crippen LogP contribution in [0.4, 0.5) is 0 Å². The molecular formula is C45H82O5S2. The second-order valence-electron chi connectivity index (χ2n) is 16.3. The van der Waals surface area contributed by atoms with Gasteiger partial charge in [0.2, 0.25) is 0 Å². The van der Waals surface area contributed by atoms with Gasteiger partial charge in [-0.1, -0.05) is 129 Å². The number of carbonyl (C=O) groups is 3. The van der Waals surface area contributed by atoms with Gasteiger partial charge in [0.05, 0.1) is 0 Å². The number of hydrogen-bond donors (Lipinski definition) is 0. The lowest BCUT2D eigenvalue weighted by Gasteiger charge is -2.22. The quantitative estimate of drug-likeness (QED) is 0.0477. The topological polar surface area (TPSA) is 69.7 Å². The second kappa shape index (κ2) is 33.6. The molecule has 0 heterocycles. The molecule has 5 nitrogen and oxygen atoms in total. The van der Waals surface area contributed by atoms with Gasteiger partial charge in [-0.05, 0) is 87.5 Å². The zero-order valence-corrected chi connectivity index (χ0v) is 35.8. The SMILES string of the molecule is CCCCCCSCC(CCCCCC(=O)CCCCCC(CSCCCCCC)OC(=O)CCC1CCCCC1)OC(=O)CCC1CCCCC1. The summed E-state index contributed by atoms with van der Waals surface area (Å²) in [5, 5.41) is 0. The van der Waals surface area contributed by atoms with Crippen LogP contribution in [0.3, 0.4) is 0 Å². The normalized spacial score (nSPS) is 16.8. The standard InChI is InChI=1S/C45H82O5S2/c1-3-5-7-21-35-51-37-42(49-44(47)33-31-39-23-13-9-14-24-39)29-19-11-17-27-41(46)28-18-12-20-30-43(38-52-36-22-8-6-4-2)50-45(48)34-32-40-25-15-10-16-26-40/h39-40,42-43H,3-38H2,1-2H3. The van der Waals surface area contributed by atoms with Crippen LogP contribution in [0, 0.1) is 11.8 Å². The minimum absolute atomic E-state index is 0.00219. The van der Waals surface area contributed by atoms with E-state index in [0.717, 1.165) is 87.2 Å². The highest BCUT2D eigenvalue weighted by molar-refractivity contribution is 7.99. The summed E-state index contributed by atoms with van der Waals surface area (Å²) in [6.07, 6.45) is 35.5. The van der Waals surface area contributed by atoms with Crippen molar-refractivity contribution in [3.63, 3.8) is 0 Å². The van der Waals surface area contributed by atoms with Crippen molar-refractivity contribution in [1.82, 2.24) is 0 Å². The first-order valence-electron chi connectivity index (χ1n) is 22.6. The lowest BCUT2D eigenvalue weighted by atomic mass is 9.86. The lowest BCUT2D eigenvalue weighted by Crippen LogP contribution is -2.22. The second-order valence-corrected chi connectivity index (χ2v) is 18.6. The summed E-state index contributed by atoms with van der Waals surface area (Å²) in [5.41, 5.74) is 0. The summed E-state index contributed by atoms with van der Waals surface area (Å²) in [4.78, 5) is 38.2. The third-order valence-electron chi connectivity index (χ3n) is 11.4. The molecule has 2 saturated carbocycles. The molecule has 2 fully saturated rings. The van der Waals surface area contributed by atoms with Gasteiger partial charge < -0.3 is 9.47 Å². The van der Waals surface area contributed by atoms with E-state index >= 15 is 0 Å². The molecule has 0 bridgehead atoms. The average Bonchev–Trinajstić information content (AvgIpc) is 3.16. The van der Waals surface area contributed by atoms with Crippen molar-refractivity contribution >= 4 is 41.2 Å². The zero-order valence-electron chi connectivity index (χ0n) is 34.1. The molecule has 2 aliphatic rings. The molecule has 52 heavy (non-hydrogen) atoms. The number of ether oxygens (including phenoxy) is 2. The Morgan fingerprint density at radius 2 is 0.904 bits per heavy atom. The zero-order chi connectivity index (χ0) is 37.3. The maximum absolute atomic E-state index is 12.8. The molecule has 2 rings (SSSR count). The molecule has 0 N–H and O–H groups in total. The Morgan fingerprint density at radius 1 is 0.500 bits per heavy atom. The van der Waals surface area contributed by atoms with Gasteiger partial charge in [-0.2, -0.15) is 23.5 Å². The Hall–Kier alpha value is -0.690. The first kappa shape index (κ1) is 47.5. The first-order chi connectivity index (χ1) is 25.5. The monoisotopic (exact) mass is 767 g/mol. The molecule has 2 aliphatic carbocycles. The maximum atomic E-state index is 12.8. The van der Waals surface area contributed by atoms with Crippen LogP contribution in [0.1, 0.15) is 219 Å². The number of ketones is 1. The number of rotatable bonds is 34. The molecule has 304 valence electrons. The largest absolute Gasteiger partial charge is 0.461 e. The smallest absolute Gasteiger partial charge is 0.306 e. The molecule has 2 unspecified atom stereocenters. The van der Waals surface area contributed by atoms with Crippen molar-refractivity contribution in [2.75, 3.05) is 23.0 Å². The van der Waals surface area contributed by atoms with E-state index in [2.05, 4.69) is 13.8 Å². The fourth-order valence-corrected chi connectivity index (χ4v) is 10.1. The van der Waals surface area contributed by atoms with Crippen molar-refractivity contribution in [2.45, 2.75) is 232 Å². The van der Waals surface area contributed by atoms with Gasteiger partial charge in [0, 0.05) is 37.2 Å². The Labute approximate surface area is 330 Å². The predicted octanol–water partition coefficient (Wildman–Crippen LogP) is 13.6. The summed E-state index contributed by atoms with van der Waals surface area (Å²) in [5.74, 6) is 5.89. The van der Waals surface area contributed by atoms with Crippen molar-refractivity contribution in [1.29, 1.82) is 0 Å². The molecule has 0 aromatic carbocycles. The predicted molar refractivity (Wildman–Crippen MR) is 225 cm³/mol. The van der Waals surface area contributed by atoms with E-state index in [9.17, 15) is 14.4 Å². The number of Topliss-reactive ketones (excluding diaryl/α,β-unsaturated/α-hetero) is 1. The van der Waals surface area contributed by atoms with Crippen LogP contribution in [-0.2, 0) is 23.9 Å². The Balaban J connectivity index is 1.61. The van der Waals surface area contributed by atoms with E-state index in [1.807, 2.05) is 23.5 Å². The summed E-state index contributed by atoms with van der Waals surface area (Å²) in [6, 6.07) is 0. The van der Waals surface area contributed by atoms with Crippen LogP contribution in [0.2, 0.25) is 0 Å². The number of carbonyl (C=O) groups excluding carboxylic acids is 3. The van der Waals surface area contributed by atoms with Crippen molar-refractivity contribution in [2.24, 2.45) is 11.8 Å². The molecule has 0 radical (unpaired) electrons. The Morgan fingerprint density at radius 3 is 1.31 bits per heavy atom. The van der Waals surface area contributed by atoms with Crippen LogP contribution < -0.4 is 0 Å². The van der Waals surface area contributed by atoms with E-state index in [1.165, 1.54) is 116 Å². The minimum Gasteiger partial charge on any atom is -0.461 e. The molecule has 0 aliphatic heterocycles. The molecular weight excluding hydrogens is 685 g/mol. The summed E-state index contributed by atoms with van der Waals surface area (Å²) >= 11 is 3.89. The van der Waals surface area contributed by atoms with E-state index in [0.29, 0.717) is 43.3 Å². The van der Waals surface area contributed by atoms with Crippen LogP contribution >= 0.6 is 23.5 Å². The summed E-state index contributed by atoms with van der Waals surface area (Å²) in [6.45, 7) is 4.49. The van der Waals surface area contributed by atoms with Crippen molar-refractivity contribution in [3.05, 3.63) is 0 Å². The van der Waals surface area contributed by atoms with Crippen LogP contribution in [0.15, 0.2) is 0 Å². The van der Waals surface area contributed by atoms with Gasteiger partial charge in [0.25, 0.3) is 0 Å². The van der Waals surface area contributed by atoms with Gasteiger partial charge in [0.1, 0.15) is 18.0 Å². The van der Waals surface area contributed by atoms with Crippen LogP contribution in [-0.4, -0.2) is 52.9 Å². The Kier molecular flexibility index (Phi) is 30.7. The van der Waals surface area contributed by atoms with Gasteiger partial charge >= 0.3 is 11.9 Å². The number of unbranched alkanes of at least 4 members (excludes halogenated alkanes) is 10. The van der Waals surface area contributed by atoms with Crippen molar-refractivity contribution < 1.29 is 23.9 Å². The van der Waals surface area contributed by atoms with Gasteiger partial charge in [-0.3, -0.25) is 14.4 Å². The molecule has 0 aromatic heterocycles. The van der Waals surface area contributed by atoms with Gasteiger partial charge in [-0.15, -0.1) is 0 Å². The number of hydrogen-bond acceptors (Lipinski definition) is 7. The molecule has 7 heteroatoms. The van der Waals surface area contributed by atoms with Crippen LogP contribution in [0.25, 0.3) is 0 Å². The highest BCUT2D eigenvalue weighted by Crippen LogP contribution is 2.29. The van der Waals surface area contributed by atoms with Crippen LogP contribution in [0.5, 0.6) is 0 Å². The first-order valence-corrected chi connectivity index (χ1v) is 24.9. The Bertz CT molecular complexity index is 802. The van der Waals surface area contributed by atoms with Gasteiger partial charge in [-0.25, -0.2) is 0 Å². The fraction of sp³-hybridized carbons (Fsp3) is 0.933. The summed E-state index contributed by atoms with van der Waals surface area (Å²) in [7, 11) is 0. The highest BCUT2D eigenvalue weighted by atomic mass is 32.2. The maximum Gasteiger partial charge on any atom is 0.306 e. The van der Waals surface area contributed by atoms with E-state index in [-0.39, 0.29) is 24.1 Å². The van der Waals surface area contributed by atoms with Crippen molar-refractivity contribution in [3.8, 4) is 0 Å². The van der Waals surface area contributed by atoms with E-state index < -0.39 is 0 Å². The third kappa shape index (κ3) is 27.0. The molecule has 0 spiro atoms. The lowest BCUT2D eigenvalue weighted by molar-refractivity contribution is -0.149. The van der Waals surface area contributed by atoms with E-state index in [4.69, 9.17) is 9.47 Å². The third-order valence-corrected chi connectivity index (χ3v) is 13.8. The highest BCUT2D eigenvalue weighted by Gasteiger charge is 2.20. The number of esters is 2. The van der Waals surface area contributed by atoms with Gasteiger partial charge in [0.15, 0.2) is 0 Å².